The van der Waals surface area contributed by atoms with Gasteiger partial charge in [0.2, 0.25) is 0 Å². The summed E-state index contributed by atoms with van der Waals surface area (Å²) >= 11 is 0. The standard InChI is InChI=1S/C23H28N2O4.C22H26N2O4.Y/c1-13(2)7-10-25(3)11-9-22-18-14-4-5-15(21(24)27)19(18)29-20(22)16(26)6-8-23(22,28)17(25)12-14;1-12(2)6-9-24-10-8-21-17-13-3-4-14(20(23)26)18(17)28-19(21)15(25)5-7-22(21,27)16(24)11-13;/h4-5,7,17,20,28H,6,8-12H2,1-3H3,(H-,24,27);3-4,6,16,19,27H,5,7-11H2,1-2H3,(H2,23,26);/p+1. The Bertz CT molecular complexity index is 2230. The van der Waals surface area contributed by atoms with Crippen LogP contribution in [0.15, 0.2) is 47.6 Å². The molecule has 10 rings (SSSR count). The van der Waals surface area contributed by atoms with E-state index in [1.54, 1.807) is 12.1 Å². The maximum Gasteiger partial charge on any atom is 0.252 e. The number of quaternary nitrogens is 1. The van der Waals surface area contributed by atoms with E-state index >= 15 is 0 Å². The van der Waals surface area contributed by atoms with Crippen LogP contribution in [-0.4, -0.2) is 112 Å². The summed E-state index contributed by atoms with van der Waals surface area (Å²) < 4.78 is 13.1. The molecule has 2 aromatic carbocycles. The fourth-order valence-corrected chi connectivity index (χ4v) is 12.8. The molecule has 13 heteroatoms. The number of nitrogens with zero attached hydrogens (tertiary/aromatic N) is 2. The second kappa shape index (κ2) is 13.9. The number of nitrogens with two attached hydrogens (primary N) is 2. The van der Waals surface area contributed by atoms with Crippen molar-refractivity contribution in [2.24, 2.45) is 11.5 Å². The third kappa shape index (κ3) is 5.33. The molecule has 4 bridgehead atoms. The first kappa shape index (κ1) is 41.5. The van der Waals surface area contributed by atoms with Crippen LogP contribution in [0.4, 0.5) is 0 Å². The number of amides is 2. The van der Waals surface area contributed by atoms with Gasteiger partial charge in [0.05, 0.1) is 47.7 Å². The number of likely N-dealkylation sites (tertiary alicyclic amines) is 2. The van der Waals surface area contributed by atoms with E-state index in [-0.39, 0.29) is 56.4 Å². The minimum atomic E-state index is -1.05. The van der Waals surface area contributed by atoms with E-state index in [0.717, 1.165) is 52.9 Å². The fraction of sp³-hybridized carbons (Fsp3) is 0.556. The number of hydrogen-bond acceptors (Lipinski definition) is 9. The molecule has 8 aliphatic rings. The molecule has 0 aromatic heterocycles. The number of Topliss-reactive ketones (excluding diaryl/α,β-unsaturated/α-hetero) is 2. The molecule has 2 amide bonds. The van der Waals surface area contributed by atoms with Gasteiger partial charge in [-0.25, -0.2) is 0 Å². The molecule has 4 aliphatic carbocycles. The van der Waals surface area contributed by atoms with Crippen molar-refractivity contribution in [3.63, 3.8) is 0 Å². The molecular formula is C45H55N4O8Y+. The molecule has 4 aliphatic heterocycles. The minimum Gasteiger partial charge on any atom is -0.480 e. The van der Waals surface area contributed by atoms with Gasteiger partial charge >= 0.3 is 0 Å². The SMILES string of the molecule is CC(C)=CCN1CCC23c4c5ccc(C(N)=O)c4OC2C(=O)CCC3(O)C1C5.CC(C)=CC[N+]1(C)CCC23c4c5ccc(C(N)=O)c4OC2C(=O)CCC3(O)C1C5.[Y]. The van der Waals surface area contributed by atoms with Crippen LogP contribution in [0.2, 0.25) is 0 Å². The molecular weight excluding hydrogens is 813 g/mol. The van der Waals surface area contributed by atoms with E-state index in [4.69, 9.17) is 20.9 Å². The van der Waals surface area contributed by atoms with Crippen LogP contribution < -0.4 is 20.9 Å². The van der Waals surface area contributed by atoms with Gasteiger partial charge in [0.15, 0.2) is 23.8 Å². The maximum absolute atomic E-state index is 13.0. The van der Waals surface area contributed by atoms with Crippen LogP contribution in [0.25, 0.3) is 0 Å². The first-order valence-corrected chi connectivity index (χ1v) is 20.5. The summed E-state index contributed by atoms with van der Waals surface area (Å²) in [6.45, 7) is 11.6. The maximum atomic E-state index is 13.0. The van der Waals surface area contributed by atoms with Crippen LogP contribution in [0.1, 0.15) is 109 Å². The summed E-state index contributed by atoms with van der Waals surface area (Å²) in [7, 11) is 2.22. The van der Waals surface area contributed by atoms with E-state index < -0.39 is 46.1 Å². The fourth-order valence-electron chi connectivity index (χ4n) is 12.8. The predicted octanol–water partition coefficient (Wildman–Crippen LogP) is 3.09. The molecule has 2 saturated heterocycles. The first-order valence-electron chi connectivity index (χ1n) is 20.5. The Balaban J connectivity index is 0.000000159. The van der Waals surface area contributed by atoms with E-state index in [9.17, 15) is 29.4 Å². The van der Waals surface area contributed by atoms with Crippen molar-refractivity contribution in [3.8, 4) is 11.5 Å². The molecule has 9 atom stereocenters. The average Bonchev–Trinajstić information content (AvgIpc) is 3.70. The average molecular weight is 869 g/mol. The number of carbonyl (C=O) groups excluding carboxylic acids is 4. The normalized spacial score (nSPS) is 36.4. The molecule has 1 radical (unpaired) electrons. The van der Waals surface area contributed by atoms with Gasteiger partial charge in [-0.1, -0.05) is 29.4 Å². The molecule has 4 heterocycles. The number of likely N-dealkylation sites (N-methyl/N-ethyl adjacent to an activating group) is 1. The number of carbonyl (C=O) groups is 4. The molecule has 2 aromatic rings. The van der Waals surface area contributed by atoms with Gasteiger partial charge in [0.1, 0.15) is 23.1 Å². The summed E-state index contributed by atoms with van der Waals surface area (Å²) in [5.41, 5.74) is 14.6. The van der Waals surface area contributed by atoms with E-state index in [2.05, 4.69) is 51.8 Å². The zero-order valence-corrected chi connectivity index (χ0v) is 37.1. The second-order valence-electron chi connectivity index (χ2n) is 18.8. The van der Waals surface area contributed by atoms with Crippen LogP contribution >= 0.6 is 0 Å². The van der Waals surface area contributed by atoms with Gasteiger partial charge in [0, 0.05) is 88.7 Å². The summed E-state index contributed by atoms with van der Waals surface area (Å²) in [4.78, 5) is 52.2. The zero-order chi connectivity index (χ0) is 40.6. The van der Waals surface area contributed by atoms with E-state index in [1.807, 2.05) is 12.1 Å². The minimum absolute atomic E-state index is 0. The van der Waals surface area contributed by atoms with Crippen LogP contribution in [0, 0.1) is 0 Å². The molecule has 305 valence electrons. The number of primary amides is 2. The van der Waals surface area contributed by atoms with Gasteiger partial charge in [0.25, 0.3) is 11.8 Å². The van der Waals surface area contributed by atoms with Crippen molar-refractivity contribution < 1.29 is 76.1 Å². The Morgan fingerprint density at radius 3 is 1.84 bits per heavy atom. The molecule has 6 N–H and O–H groups in total. The molecule has 2 spiro atoms. The topological polar surface area (TPSA) is 182 Å². The number of ketones is 2. The summed E-state index contributed by atoms with van der Waals surface area (Å²) in [6.07, 6.45) is 7.13. The van der Waals surface area contributed by atoms with Crippen molar-refractivity contribution in [3.05, 3.63) is 80.9 Å². The van der Waals surface area contributed by atoms with Crippen LogP contribution in [-0.2, 0) is 66.0 Å². The first-order chi connectivity index (χ1) is 26.9. The number of piperidine rings is 2. The smallest absolute Gasteiger partial charge is 0.252 e. The summed E-state index contributed by atoms with van der Waals surface area (Å²) in [5.74, 6) is -0.218. The van der Waals surface area contributed by atoms with Gasteiger partial charge in [-0.15, -0.1) is 0 Å². The predicted molar refractivity (Wildman–Crippen MR) is 211 cm³/mol. The summed E-state index contributed by atoms with van der Waals surface area (Å²) in [5, 5.41) is 24.4. The number of benzene rings is 2. The molecule has 58 heavy (non-hydrogen) atoms. The second-order valence-corrected chi connectivity index (χ2v) is 18.8. The molecule has 4 fully saturated rings. The Labute approximate surface area is 364 Å². The van der Waals surface area contributed by atoms with Crippen molar-refractivity contribution in [1.29, 1.82) is 0 Å². The van der Waals surface area contributed by atoms with Gasteiger partial charge in [-0.2, -0.15) is 0 Å². The van der Waals surface area contributed by atoms with Gasteiger partial charge in [-0.3, -0.25) is 24.1 Å². The van der Waals surface area contributed by atoms with Crippen molar-refractivity contribution >= 4 is 23.4 Å². The van der Waals surface area contributed by atoms with Crippen LogP contribution in [0.5, 0.6) is 11.5 Å². The Morgan fingerprint density at radius 2 is 1.31 bits per heavy atom. The Kier molecular flexibility index (Phi) is 9.93. The number of aliphatic hydroxyl groups is 2. The monoisotopic (exact) mass is 868 g/mol. The van der Waals surface area contributed by atoms with Gasteiger partial charge in [-0.05, 0) is 82.7 Å². The number of ether oxygens (including phenoxy) is 2. The van der Waals surface area contributed by atoms with E-state index in [0.29, 0.717) is 74.0 Å². The number of hydrogen-bond donors (Lipinski definition) is 4. The number of allylic oxidation sites excluding steroid dienone is 2. The van der Waals surface area contributed by atoms with Crippen molar-refractivity contribution in [2.75, 3.05) is 33.2 Å². The Hall–Kier alpha value is -3.26. The molecule has 9 unspecified atom stereocenters. The largest absolute Gasteiger partial charge is 0.480 e. The molecule has 12 nitrogen and oxygen atoms in total. The van der Waals surface area contributed by atoms with Crippen molar-refractivity contribution in [1.82, 2.24) is 4.90 Å². The third-order valence-electron chi connectivity index (χ3n) is 15.5. The summed E-state index contributed by atoms with van der Waals surface area (Å²) in [6, 6.07) is 7.21. The quantitative estimate of drug-likeness (QED) is 0.251. The van der Waals surface area contributed by atoms with Gasteiger partial charge < -0.3 is 35.6 Å². The van der Waals surface area contributed by atoms with Crippen LogP contribution in [0.3, 0.4) is 0 Å². The Morgan fingerprint density at radius 1 is 0.793 bits per heavy atom. The van der Waals surface area contributed by atoms with E-state index in [1.165, 1.54) is 11.1 Å². The zero-order valence-electron chi connectivity index (χ0n) is 34.2. The number of rotatable bonds is 6. The molecule has 2 saturated carbocycles. The van der Waals surface area contributed by atoms with Crippen molar-refractivity contribution in [2.45, 2.75) is 125 Å². The third-order valence-corrected chi connectivity index (χ3v) is 15.5.